The number of anilines is 1. The summed E-state index contributed by atoms with van der Waals surface area (Å²) >= 11 is 0. The Morgan fingerprint density at radius 1 is 1.10 bits per heavy atom. The Bertz CT molecular complexity index is 679. The number of ether oxygens (including phenoxy) is 1. The van der Waals surface area contributed by atoms with Crippen LogP contribution in [0.4, 0.5) is 10.6 Å². The lowest BCUT2D eigenvalue weighted by Gasteiger charge is -2.35. The average Bonchev–Trinajstić information content (AvgIpc) is 2.76. The summed E-state index contributed by atoms with van der Waals surface area (Å²) in [5.41, 5.74) is 1.12. The predicted molar refractivity (Wildman–Crippen MR) is 114 cm³/mol. The van der Waals surface area contributed by atoms with Gasteiger partial charge in [0.1, 0.15) is 5.82 Å². The highest BCUT2D eigenvalue weighted by atomic mass is 16.6. The third-order valence-electron chi connectivity index (χ3n) is 5.40. The fourth-order valence-electron chi connectivity index (χ4n) is 3.57. The molecule has 3 heterocycles. The maximum Gasteiger partial charge on any atom is 0.409 e. The van der Waals surface area contributed by atoms with Gasteiger partial charge in [0.15, 0.2) is 5.96 Å². The number of rotatable bonds is 4. The molecule has 0 bridgehead atoms. The van der Waals surface area contributed by atoms with E-state index in [9.17, 15) is 4.79 Å². The topological polar surface area (TPSA) is 76.5 Å². The molecule has 2 aliphatic rings. The molecule has 29 heavy (non-hydrogen) atoms. The quantitative estimate of drug-likeness (QED) is 0.585. The molecule has 160 valence electrons. The van der Waals surface area contributed by atoms with E-state index < -0.39 is 0 Å². The van der Waals surface area contributed by atoms with Crippen molar-refractivity contribution in [3.05, 3.63) is 23.9 Å². The van der Waals surface area contributed by atoms with Gasteiger partial charge in [-0.15, -0.1) is 0 Å². The zero-order valence-electron chi connectivity index (χ0n) is 17.8. The van der Waals surface area contributed by atoms with Crippen LogP contribution in [0.5, 0.6) is 0 Å². The summed E-state index contributed by atoms with van der Waals surface area (Å²) in [7, 11) is 3.94. The van der Waals surface area contributed by atoms with Gasteiger partial charge in [0.25, 0.3) is 0 Å². The molecule has 9 heteroatoms. The number of guanidine groups is 1. The van der Waals surface area contributed by atoms with Gasteiger partial charge in [0.05, 0.1) is 6.61 Å². The Labute approximate surface area is 173 Å². The third kappa shape index (κ3) is 5.72. The highest BCUT2D eigenvalue weighted by Gasteiger charge is 2.23. The van der Waals surface area contributed by atoms with E-state index in [0.717, 1.165) is 56.6 Å². The maximum atomic E-state index is 11.8. The van der Waals surface area contributed by atoms with Gasteiger partial charge < -0.3 is 29.7 Å². The SMILES string of the molecule is CCOC(=O)N1CCN(C(=NC)NCc2ccc(N3CCN(C)CC3)nc2)CC1. The Kier molecular flexibility index (Phi) is 7.51. The van der Waals surface area contributed by atoms with Crippen LogP contribution >= 0.6 is 0 Å². The van der Waals surface area contributed by atoms with Crippen LogP contribution in [0, 0.1) is 0 Å². The molecule has 1 amide bonds. The zero-order chi connectivity index (χ0) is 20.6. The van der Waals surface area contributed by atoms with Gasteiger partial charge in [0, 0.05) is 72.1 Å². The molecule has 2 aliphatic heterocycles. The van der Waals surface area contributed by atoms with Gasteiger partial charge in [-0.1, -0.05) is 6.07 Å². The Morgan fingerprint density at radius 2 is 1.79 bits per heavy atom. The predicted octanol–water partition coefficient (Wildman–Crippen LogP) is 0.683. The summed E-state index contributed by atoms with van der Waals surface area (Å²) in [5, 5.41) is 3.41. The number of amides is 1. The molecule has 2 saturated heterocycles. The van der Waals surface area contributed by atoms with E-state index in [1.165, 1.54) is 0 Å². The van der Waals surface area contributed by atoms with Crippen molar-refractivity contribution >= 4 is 17.9 Å². The Hall–Kier alpha value is -2.55. The molecule has 3 rings (SSSR count). The first kappa shape index (κ1) is 21.2. The van der Waals surface area contributed by atoms with Crippen molar-refractivity contribution in [3.63, 3.8) is 0 Å². The Morgan fingerprint density at radius 3 is 2.38 bits per heavy atom. The van der Waals surface area contributed by atoms with E-state index in [-0.39, 0.29) is 6.09 Å². The van der Waals surface area contributed by atoms with Crippen molar-refractivity contribution in [2.45, 2.75) is 13.5 Å². The molecule has 0 atom stereocenters. The number of piperazine rings is 2. The monoisotopic (exact) mass is 403 g/mol. The fourth-order valence-corrected chi connectivity index (χ4v) is 3.57. The molecular weight excluding hydrogens is 370 g/mol. The number of carbonyl (C=O) groups excluding carboxylic acids is 1. The van der Waals surface area contributed by atoms with E-state index in [2.05, 4.69) is 49.2 Å². The number of likely N-dealkylation sites (N-methyl/N-ethyl adjacent to an activating group) is 1. The zero-order valence-corrected chi connectivity index (χ0v) is 17.8. The first-order chi connectivity index (χ1) is 14.1. The minimum Gasteiger partial charge on any atom is -0.450 e. The number of pyridine rings is 1. The second kappa shape index (κ2) is 10.3. The van der Waals surface area contributed by atoms with Crippen LogP contribution < -0.4 is 10.2 Å². The number of aromatic nitrogens is 1. The minimum absolute atomic E-state index is 0.235. The van der Waals surface area contributed by atoms with Crippen LogP contribution in [-0.4, -0.2) is 105 Å². The van der Waals surface area contributed by atoms with Gasteiger partial charge in [-0.25, -0.2) is 9.78 Å². The Balaban J connectivity index is 1.47. The lowest BCUT2D eigenvalue weighted by Crippen LogP contribution is -2.53. The molecule has 0 unspecified atom stereocenters. The van der Waals surface area contributed by atoms with E-state index in [1.807, 2.05) is 13.1 Å². The van der Waals surface area contributed by atoms with Crippen molar-refractivity contribution < 1.29 is 9.53 Å². The van der Waals surface area contributed by atoms with Gasteiger partial charge in [-0.2, -0.15) is 0 Å². The number of aliphatic imine (C=N–C) groups is 1. The first-order valence-corrected chi connectivity index (χ1v) is 10.4. The minimum atomic E-state index is -0.235. The fraction of sp³-hybridized carbons (Fsp3) is 0.650. The van der Waals surface area contributed by atoms with Gasteiger partial charge in [-0.3, -0.25) is 4.99 Å². The third-order valence-corrected chi connectivity index (χ3v) is 5.40. The highest BCUT2D eigenvalue weighted by molar-refractivity contribution is 5.80. The number of hydrogen-bond donors (Lipinski definition) is 1. The van der Waals surface area contributed by atoms with Gasteiger partial charge in [0.2, 0.25) is 0 Å². The van der Waals surface area contributed by atoms with Crippen molar-refractivity contribution in [2.75, 3.05) is 78.0 Å². The van der Waals surface area contributed by atoms with Crippen LogP contribution in [0.25, 0.3) is 0 Å². The lowest BCUT2D eigenvalue weighted by atomic mass is 10.2. The summed E-state index contributed by atoms with van der Waals surface area (Å²) in [4.78, 5) is 29.5. The second-order valence-corrected chi connectivity index (χ2v) is 7.39. The van der Waals surface area contributed by atoms with E-state index >= 15 is 0 Å². The number of carbonyl (C=O) groups is 1. The summed E-state index contributed by atoms with van der Waals surface area (Å²) in [6.45, 7) is 9.84. The molecule has 1 N–H and O–H groups in total. The number of hydrogen-bond acceptors (Lipinski definition) is 6. The summed E-state index contributed by atoms with van der Waals surface area (Å²) in [6.07, 6.45) is 1.70. The van der Waals surface area contributed by atoms with Gasteiger partial charge in [-0.05, 0) is 25.6 Å². The van der Waals surface area contributed by atoms with Crippen LogP contribution in [0.2, 0.25) is 0 Å². The molecule has 0 spiro atoms. The van der Waals surface area contributed by atoms with Crippen molar-refractivity contribution in [1.82, 2.24) is 25.0 Å². The first-order valence-electron chi connectivity index (χ1n) is 10.4. The maximum absolute atomic E-state index is 11.8. The van der Waals surface area contributed by atoms with Crippen molar-refractivity contribution in [2.24, 2.45) is 4.99 Å². The average molecular weight is 404 g/mol. The normalized spacial score (nSPS) is 18.7. The van der Waals surface area contributed by atoms with Crippen LogP contribution in [0.1, 0.15) is 12.5 Å². The molecule has 1 aromatic rings. The standard InChI is InChI=1S/C20H33N7O2/c1-4-29-20(28)27-13-11-26(12-14-27)19(21-2)23-16-17-5-6-18(22-15-17)25-9-7-24(3)8-10-25/h5-6,15H,4,7-14,16H2,1-3H3,(H,21,23). The smallest absolute Gasteiger partial charge is 0.409 e. The van der Waals surface area contributed by atoms with Crippen LogP contribution in [0.3, 0.4) is 0 Å². The molecule has 9 nitrogen and oxygen atoms in total. The number of nitrogens with one attached hydrogen (secondary N) is 1. The molecular formula is C20H33N7O2. The van der Waals surface area contributed by atoms with Crippen LogP contribution in [-0.2, 0) is 11.3 Å². The summed E-state index contributed by atoms with van der Waals surface area (Å²) < 4.78 is 5.08. The molecule has 2 fully saturated rings. The molecule has 0 radical (unpaired) electrons. The van der Waals surface area contributed by atoms with Crippen LogP contribution in [0.15, 0.2) is 23.3 Å². The molecule has 0 aliphatic carbocycles. The van der Waals surface area contributed by atoms with E-state index in [0.29, 0.717) is 26.2 Å². The largest absolute Gasteiger partial charge is 0.450 e. The molecule has 1 aromatic heterocycles. The lowest BCUT2D eigenvalue weighted by molar-refractivity contribution is 0.0914. The number of nitrogens with zero attached hydrogens (tertiary/aromatic N) is 6. The van der Waals surface area contributed by atoms with Gasteiger partial charge >= 0.3 is 6.09 Å². The van der Waals surface area contributed by atoms with E-state index in [4.69, 9.17) is 4.74 Å². The van der Waals surface area contributed by atoms with Crippen molar-refractivity contribution in [3.8, 4) is 0 Å². The highest BCUT2D eigenvalue weighted by Crippen LogP contribution is 2.13. The molecule has 0 saturated carbocycles. The summed E-state index contributed by atoms with van der Waals surface area (Å²) in [6, 6.07) is 4.23. The van der Waals surface area contributed by atoms with E-state index in [1.54, 1.807) is 11.9 Å². The van der Waals surface area contributed by atoms with Crippen molar-refractivity contribution in [1.29, 1.82) is 0 Å². The summed E-state index contributed by atoms with van der Waals surface area (Å²) in [5.74, 6) is 1.89. The molecule has 0 aromatic carbocycles. The second-order valence-electron chi connectivity index (χ2n) is 7.39.